The molecule has 0 aliphatic carbocycles. The minimum Gasteiger partial charge on any atom is -0.494 e. The Bertz CT molecular complexity index is 847. The van der Waals surface area contributed by atoms with Gasteiger partial charge in [0.25, 0.3) is 5.91 Å². The number of nitrogens with one attached hydrogen (secondary N) is 1. The summed E-state index contributed by atoms with van der Waals surface area (Å²) < 4.78 is 5.45. The van der Waals surface area contributed by atoms with Gasteiger partial charge in [-0.1, -0.05) is 13.3 Å². The SMILES string of the molecule is CCCCc1nc(C)c(C(=O)Nc2ccc(N3CCCC3=O)c(OC)c2)s1. The first-order valence-electron chi connectivity index (χ1n) is 9.29. The highest BCUT2D eigenvalue weighted by atomic mass is 32.1. The molecule has 1 aromatic carbocycles. The van der Waals surface area contributed by atoms with E-state index in [-0.39, 0.29) is 11.8 Å². The van der Waals surface area contributed by atoms with Gasteiger partial charge in [-0.15, -0.1) is 11.3 Å². The Morgan fingerprint density at radius 1 is 1.41 bits per heavy atom. The molecule has 1 N–H and O–H groups in total. The Labute approximate surface area is 163 Å². The molecule has 0 saturated carbocycles. The van der Waals surface area contributed by atoms with E-state index in [2.05, 4.69) is 17.2 Å². The molecule has 7 heteroatoms. The number of nitrogens with zero attached hydrogens (tertiary/aromatic N) is 2. The number of unbranched alkanes of at least 4 members (excludes halogenated alkanes) is 1. The van der Waals surface area contributed by atoms with Gasteiger partial charge in [-0.05, 0) is 38.3 Å². The van der Waals surface area contributed by atoms with Gasteiger partial charge in [0.05, 0.1) is 23.5 Å². The summed E-state index contributed by atoms with van der Waals surface area (Å²) in [7, 11) is 1.57. The fraction of sp³-hybridized carbons (Fsp3) is 0.450. The highest BCUT2D eigenvalue weighted by Gasteiger charge is 2.25. The predicted molar refractivity (Wildman–Crippen MR) is 108 cm³/mol. The van der Waals surface area contributed by atoms with Gasteiger partial charge in [-0.2, -0.15) is 0 Å². The Morgan fingerprint density at radius 2 is 2.22 bits per heavy atom. The molecule has 1 aliphatic heterocycles. The highest BCUT2D eigenvalue weighted by molar-refractivity contribution is 7.13. The van der Waals surface area contributed by atoms with Crippen LogP contribution < -0.4 is 15.0 Å². The largest absolute Gasteiger partial charge is 0.494 e. The molecule has 27 heavy (non-hydrogen) atoms. The maximum Gasteiger partial charge on any atom is 0.267 e. The van der Waals surface area contributed by atoms with Crippen LogP contribution in [0.5, 0.6) is 5.75 Å². The molecule has 0 unspecified atom stereocenters. The number of hydrogen-bond donors (Lipinski definition) is 1. The van der Waals surface area contributed by atoms with E-state index in [1.54, 1.807) is 24.1 Å². The fourth-order valence-electron chi connectivity index (χ4n) is 3.17. The molecule has 0 bridgehead atoms. The van der Waals surface area contributed by atoms with Crippen molar-refractivity contribution in [3.8, 4) is 5.75 Å². The normalized spacial score (nSPS) is 13.9. The predicted octanol–water partition coefficient (Wildman–Crippen LogP) is 4.18. The summed E-state index contributed by atoms with van der Waals surface area (Å²) in [5.74, 6) is 0.512. The molecule has 1 fully saturated rings. The van der Waals surface area contributed by atoms with Crippen LogP contribution in [0.3, 0.4) is 0 Å². The van der Waals surface area contributed by atoms with E-state index < -0.39 is 0 Å². The molecular formula is C20H25N3O3S. The first-order valence-corrected chi connectivity index (χ1v) is 10.1. The topological polar surface area (TPSA) is 71.5 Å². The lowest BCUT2D eigenvalue weighted by Gasteiger charge is -2.19. The standard InChI is InChI=1S/C20H25N3O3S/c1-4-5-7-17-21-13(2)19(27-17)20(25)22-14-9-10-15(16(12-14)26-3)23-11-6-8-18(23)24/h9-10,12H,4-8,11H2,1-3H3,(H,22,25). The first-order chi connectivity index (χ1) is 13.0. The molecular weight excluding hydrogens is 362 g/mol. The van der Waals surface area contributed by atoms with E-state index >= 15 is 0 Å². The molecule has 0 atom stereocenters. The van der Waals surface area contributed by atoms with Crippen LogP contribution in [0.25, 0.3) is 0 Å². The molecule has 1 saturated heterocycles. The number of carbonyl (C=O) groups excluding carboxylic acids is 2. The summed E-state index contributed by atoms with van der Waals surface area (Å²) in [5.41, 5.74) is 2.14. The minimum atomic E-state index is -0.167. The number of rotatable bonds is 7. The van der Waals surface area contributed by atoms with E-state index in [0.29, 0.717) is 29.3 Å². The smallest absolute Gasteiger partial charge is 0.267 e. The first kappa shape index (κ1) is 19.4. The van der Waals surface area contributed by atoms with Crippen LogP contribution in [0, 0.1) is 6.92 Å². The number of amides is 2. The number of anilines is 2. The molecule has 0 radical (unpaired) electrons. The van der Waals surface area contributed by atoms with Crippen molar-refractivity contribution in [1.29, 1.82) is 0 Å². The van der Waals surface area contributed by atoms with Crippen LogP contribution in [0.15, 0.2) is 18.2 Å². The van der Waals surface area contributed by atoms with Crippen molar-refractivity contribution >= 4 is 34.5 Å². The van der Waals surface area contributed by atoms with Crippen molar-refractivity contribution in [2.24, 2.45) is 0 Å². The third kappa shape index (κ3) is 4.30. The number of carbonyl (C=O) groups is 2. The molecule has 2 aromatic rings. The van der Waals surface area contributed by atoms with Gasteiger partial charge in [0, 0.05) is 24.7 Å². The Hall–Kier alpha value is -2.41. The highest BCUT2D eigenvalue weighted by Crippen LogP contribution is 2.34. The quantitative estimate of drug-likeness (QED) is 0.773. The van der Waals surface area contributed by atoms with Crippen LogP contribution in [0.1, 0.15) is 53.0 Å². The molecule has 144 valence electrons. The Kier molecular flexibility index (Phi) is 6.11. The van der Waals surface area contributed by atoms with E-state index in [1.807, 2.05) is 13.0 Å². The second-order valence-corrected chi connectivity index (χ2v) is 7.70. The number of benzene rings is 1. The zero-order valence-corrected chi connectivity index (χ0v) is 16.8. The summed E-state index contributed by atoms with van der Waals surface area (Å²) in [4.78, 5) is 31.5. The molecule has 1 aliphatic rings. The monoisotopic (exact) mass is 387 g/mol. The van der Waals surface area contributed by atoms with Gasteiger partial charge in [-0.25, -0.2) is 4.98 Å². The van der Waals surface area contributed by atoms with Crippen molar-refractivity contribution in [1.82, 2.24) is 4.98 Å². The third-order valence-corrected chi connectivity index (χ3v) is 5.81. The maximum absolute atomic E-state index is 12.7. The number of aromatic nitrogens is 1. The lowest BCUT2D eigenvalue weighted by Crippen LogP contribution is -2.24. The summed E-state index contributed by atoms with van der Waals surface area (Å²) >= 11 is 1.45. The molecule has 0 spiro atoms. The van der Waals surface area contributed by atoms with E-state index in [1.165, 1.54) is 11.3 Å². The van der Waals surface area contributed by atoms with Crippen LogP contribution in [0.2, 0.25) is 0 Å². The van der Waals surface area contributed by atoms with Crippen molar-refractivity contribution in [3.05, 3.63) is 33.8 Å². The molecule has 2 amide bonds. The van der Waals surface area contributed by atoms with E-state index in [0.717, 1.165) is 42.1 Å². The van der Waals surface area contributed by atoms with Gasteiger partial charge in [0.1, 0.15) is 10.6 Å². The third-order valence-electron chi connectivity index (χ3n) is 4.59. The van der Waals surface area contributed by atoms with Crippen molar-refractivity contribution < 1.29 is 14.3 Å². The van der Waals surface area contributed by atoms with Crippen LogP contribution in [-0.2, 0) is 11.2 Å². The summed E-state index contributed by atoms with van der Waals surface area (Å²) in [6.07, 6.45) is 4.49. The summed E-state index contributed by atoms with van der Waals surface area (Å²) in [5, 5.41) is 3.92. The average molecular weight is 388 g/mol. The Balaban J connectivity index is 1.76. The number of hydrogen-bond acceptors (Lipinski definition) is 5. The second-order valence-electron chi connectivity index (χ2n) is 6.62. The summed E-state index contributed by atoms with van der Waals surface area (Å²) in [6.45, 7) is 4.70. The van der Waals surface area contributed by atoms with Gasteiger partial charge in [0.15, 0.2) is 0 Å². The zero-order valence-electron chi connectivity index (χ0n) is 16.0. The van der Waals surface area contributed by atoms with Crippen molar-refractivity contribution in [2.75, 3.05) is 23.9 Å². The lowest BCUT2D eigenvalue weighted by molar-refractivity contribution is -0.117. The second kappa shape index (κ2) is 8.52. The number of methoxy groups -OCH3 is 1. The van der Waals surface area contributed by atoms with Gasteiger partial charge >= 0.3 is 0 Å². The summed E-state index contributed by atoms with van der Waals surface area (Å²) in [6, 6.07) is 5.38. The van der Waals surface area contributed by atoms with Gasteiger partial charge in [-0.3, -0.25) is 9.59 Å². The molecule has 1 aromatic heterocycles. The van der Waals surface area contributed by atoms with E-state index in [9.17, 15) is 9.59 Å². The van der Waals surface area contributed by atoms with Crippen LogP contribution in [0.4, 0.5) is 11.4 Å². The van der Waals surface area contributed by atoms with Gasteiger partial charge in [0.2, 0.25) is 5.91 Å². The van der Waals surface area contributed by atoms with Crippen LogP contribution >= 0.6 is 11.3 Å². The number of thiazole rings is 1. The minimum absolute atomic E-state index is 0.102. The molecule has 3 rings (SSSR count). The fourth-order valence-corrected chi connectivity index (χ4v) is 4.17. The zero-order chi connectivity index (χ0) is 19.4. The lowest BCUT2D eigenvalue weighted by atomic mass is 10.2. The van der Waals surface area contributed by atoms with Crippen molar-refractivity contribution in [3.63, 3.8) is 0 Å². The molecule has 2 heterocycles. The molecule has 6 nitrogen and oxygen atoms in total. The average Bonchev–Trinajstić information content (AvgIpc) is 3.25. The number of aryl methyl sites for hydroxylation is 2. The number of ether oxygens (including phenoxy) is 1. The van der Waals surface area contributed by atoms with Gasteiger partial charge < -0.3 is 15.0 Å². The van der Waals surface area contributed by atoms with Crippen LogP contribution in [-0.4, -0.2) is 30.5 Å². The van der Waals surface area contributed by atoms with E-state index in [4.69, 9.17) is 4.74 Å². The van der Waals surface area contributed by atoms with Crippen molar-refractivity contribution in [2.45, 2.75) is 46.0 Å². The maximum atomic E-state index is 12.7. The Morgan fingerprint density at radius 3 is 2.89 bits per heavy atom.